The van der Waals surface area contributed by atoms with Gasteiger partial charge in [0.15, 0.2) is 0 Å². The summed E-state index contributed by atoms with van der Waals surface area (Å²) in [5, 5.41) is 0. The number of nitrogens with zero attached hydrogens (tertiary/aromatic N) is 2. The Kier molecular flexibility index (Phi) is 1.75. The van der Waals surface area contributed by atoms with Gasteiger partial charge in [-0.1, -0.05) is 19.1 Å². The van der Waals surface area contributed by atoms with Crippen molar-refractivity contribution in [3.05, 3.63) is 24.3 Å². The summed E-state index contributed by atoms with van der Waals surface area (Å²) in [6.07, 6.45) is 1.33. The molecule has 3 rings (SSSR count). The van der Waals surface area contributed by atoms with Crippen LogP contribution in [0.1, 0.15) is 13.3 Å². The molecule has 1 saturated carbocycles. The van der Waals surface area contributed by atoms with Crippen LogP contribution in [0.5, 0.6) is 0 Å². The van der Waals surface area contributed by atoms with Crippen LogP contribution in [-0.2, 0) is 6.54 Å². The number of imidazole rings is 1. The van der Waals surface area contributed by atoms with Crippen LogP contribution in [0.15, 0.2) is 24.3 Å². The van der Waals surface area contributed by atoms with Crippen molar-refractivity contribution in [3.63, 3.8) is 0 Å². The van der Waals surface area contributed by atoms with Gasteiger partial charge in [-0.2, -0.15) is 0 Å². The number of nitrogens with two attached hydrogens (primary N) is 1. The summed E-state index contributed by atoms with van der Waals surface area (Å²) in [6, 6.07) is 8.14. The summed E-state index contributed by atoms with van der Waals surface area (Å²) in [5.74, 6) is 2.30. The smallest absolute Gasteiger partial charge is 0.201 e. The normalized spacial score (nSPS) is 24.6. The molecule has 2 unspecified atom stereocenters. The highest BCUT2D eigenvalue weighted by Gasteiger charge is 2.33. The van der Waals surface area contributed by atoms with Crippen LogP contribution < -0.4 is 5.73 Å². The van der Waals surface area contributed by atoms with Crippen LogP contribution in [-0.4, -0.2) is 9.55 Å². The molecule has 3 nitrogen and oxygen atoms in total. The Bertz CT molecular complexity index is 501. The van der Waals surface area contributed by atoms with Crippen molar-refractivity contribution < 1.29 is 0 Å². The standard InChI is InChI=1S/C12H15N3/c1-8-6-9(8)7-15-11-5-3-2-4-10(11)14-12(15)13/h2-5,8-9H,6-7H2,1H3,(H2,13,14). The van der Waals surface area contributed by atoms with Gasteiger partial charge >= 0.3 is 0 Å². The minimum atomic E-state index is 0.648. The highest BCUT2D eigenvalue weighted by atomic mass is 15.2. The van der Waals surface area contributed by atoms with Gasteiger partial charge in [0.2, 0.25) is 5.95 Å². The lowest BCUT2D eigenvalue weighted by atomic mass is 10.3. The van der Waals surface area contributed by atoms with Crippen molar-refractivity contribution in [2.24, 2.45) is 11.8 Å². The third-order valence-corrected chi connectivity index (χ3v) is 3.38. The van der Waals surface area contributed by atoms with Crippen LogP contribution in [0.2, 0.25) is 0 Å². The fraction of sp³-hybridized carbons (Fsp3) is 0.417. The molecule has 0 amide bonds. The van der Waals surface area contributed by atoms with Crippen molar-refractivity contribution >= 4 is 17.0 Å². The first-order valence-corrected chi connectivity index (χ1v) is 5.46. The monoisotopic (exact) mass is 201 g/mol. The first-order chi connectivity index (χ1) is 7.25. The number of aromatic nitrogens is 2. The molecule has 0 saturated heterocycles. The predicted molar refractivity (Wildman–Crippen MR) is 61.4 cm³/mol. The van der Waals surface area contributed by atoms with E-state index in [2.05, 4.69) is 22.5 Å². The first kappa shape index (κ1) is 8.77. The molecule has 3 heteroatoms. The fourth-order valence-electron chi connectivity index (χ4n) is 2.17. The van der Waals surface area contributed by atoms with Gasteiger partial charge < -0.3 is 10.3 Å². The Labute approximate surface area is 88.9 Å². The van der Waals surface area contributed by atoms with Crippen LogP contribution in [0.3, 0.4) is 0 Å². The largest absolute Gasteiger partial charge is 0.369 e. The number of fused-ring (bicyclic) bond motifs is 1. The van der Waals surface area contributed by atoms with E-state index in [4.69, 9.17) is 5.73 Å². The van der Waals surface area contributed by atoms with Gasteiger partial charge in [-0.15, -0.1) is 0 Å². The molecular formula is C12H15N3. The van der Waals surface area contributed by atoms with Gasteiger partial charge in [0.05, 0.1) is 11.0 Å². The van der Waals surface area contributed by atoms with Gasteiger partial charge in [0.25, 0.3) is 0 Å². The zero-order valence-electron chi connectivity index (χ0n) is 8.85. The van der Waals surface area contributed by atoms with Gasteiger partial charge in [0.1, 0.15) is 0 Å². The van der Waals surface area contributed by atoms with Gasteiger partial charge in [-0.25, -0.2) is 4.98 Å². The van der Waals surface area contributed by atoms with Gasteiger partial charge in [-0.05, 0) is 30.4 Å². The van der Waals surface area contributed by atoms with Crippen molar-refractivity contribution in [1.29, 1.82) is 0 Å². The second kappa shape index (κ2) is 2.99. The Morgan fingerprint density at radius 2 is 2.20 bits per heavy atom. The number of hydrogen-bond donors (Lipinski definition) is 1. The van der Waals surface area contributed by atoms with E-state index in [1.165, 1.54) is 6.42 Å². The molecule has 78 valence electrons. The molecule has 2 atom stereocenters. The minimum absolute atomic E-state index is 0.648. The van der Waals surface area contributed by atoms with Crippen molar-refractivity contribution in [1.82, 2.24) is 9.55 Å². The van der Waals surface area contributed by atoms with E-state index < -0.39 is 0 Å². The zero-order chi connectivity index (χ0) is 10.4. The Balaban J connectivity index is 2.04. The molecule has 1 fully saturated rings. The molecule has 1 aliphatic rings. The lowest BCUT2D eigenvalue weighted by Gasteiger charge is -2.04. The zero-order valence-corrected chi connectivity index (χ0v) is 8.85. The number of para-hydroxylation sites is 2. The maximum atomic E-state index is 5.93. The van der Waals surface area contributed by atoms with Crippen molar-refractivity contribution in [3.8, 4) is 0 Å². The molecule has 0 radical (unpaired) electrons. The van der Waals surface area contributed by atoms with E-state index in [1.54, 1.807) is 0 Å². The SMILES string of the molecule is CC1CC1Cn1c(N)nc2ccccc21. The molecule has 15 heavy (non-hydrogen) atoms. The summed E-state index contributed by atoms with van der Waals surface area (Å²) >= 11 is 0. The Morgan fingerprint density at radius 3 is 2.93 bits per heavy atom. The number of rotatable bonds is 2. The van der Waals surface area contributed by atoms with E-state index in [0.29, 0.717) is 5.95 Å². The number of anilines is 1. The fourth-order valence-corrected chi connectivity index (χ4v) is 2.17. The maximum Gasteiger partial charge on any atom is 0.201 e. The summed E-state index contributed by atoms with van der Waals surface area (Å²) < 4.78 is 2.14. The van der Waals surface area contributed by atoms with Crippen molar-refractivity contribution in [2.45, 2.75) is 19.9 Å². The third-order valence-electron chi connectivity index (χ3n) is 3.38. The molecule has 0 aliphatic heterocycles. The van der Waals surface area contributed by atoms with E-state index >= 15 is 0 Å². The average molecular weight is 201 g/mol. The maximum absolute atomic E-state index is 5.93. The Morgan fingerprint density at radius 1 is 1.47 bits per heavy atom. The lowest BCUT2D eigenvalue weighted by molar-refractivity contribution is 0.613. The summed E-state index contributed by atoms with van der Waals surface area (Å²) in [7, 11) is 0. The highest BCUT2D eigenvalue weighted by molar-refractivity contribution is 5.78. The number of nitrogen functional groups attached to an aromatic ring is 1. The third kappa shape index (κ3) is 1.39. The topological polar surface area (TPSA) is 43.8 Å². The number of hydrogen-bond acceptors (Lipinski definition) is 2. The minimum Gasteiger partial charge on any atom is -0.369 e. The molecule has 2 N–H and O–H groups in total. The lowest BCUT2D eigenvalue weighted by Crippen LogP contribution is -2.05. The quantitative estimate of drug-likeness (QED) is 0.810. The molecule has 0 bridgehead atoms. The molecular weight excluding hydrogens is 186 g/mol. The predicted octanol–water partition coefficient (Wildman–Crippen LogP) is 2.27. The Hall–Kier alpha value is -1.51. The summed E-state index contributed by atoms with van der Waals surface area (Å²) in [4.78, 5) is 4.36. The molecule has 1 heterocycles. The average Bonchev–Trinajstić information content (AvgIpc) is 2.82. The van der Waals surface area contributed by atoms with E-state index in [0.717, 1.165) is 29.4 Å². The molecule has 0 spiro atoms. The van der Waals surface area contributed by atoms with Gasteiger partial charge in [-0.3, -0.25) is 0 Å². The van der Waals surface area contributed by atoms with E-state index in [-0.39, 0.29) is 0 Å². The van der Waals surface area contributed by atoms with E-state index in [1.807, 2.05) is 18.2 Å². The van der Waals surface area contributed by atoms with Gasteiger partial charge in [0, 0.05) is 6.54 Å². The summed E-state index contributed by atoms with van der Waals surface area (Å²) in [6.45, 7) is 3.31. The second-order valence-corrected chi connectivity index (χ2v) is 4.54. The van der Waals surface area contributed by atoms with Crippen LogP contribution in [0.25, 0.3) is 11.0 Å². The second-order valence-electron chi connectivity index (χ2n) is 4.54. The van der Waals surface area contributed by atoms with Crippen LogP contribution >= 0.6 is 0 Å². The molecule has 1 aromatic heterocycles. The van der Waals surface area contributed by atoms with Crippen LogP contribution in [0, 0.1) is 11.8 Å². The highest BCUT2D eigenvalue weighted by Crippen LogP contribution is 2.40. The summed E-state index contributed by atoms with van der Waals surface area (Å²) in [5.41, 5.74) is 8.09. The van der Waals surface area contributed by atoms with E-state index in [9.17, 15) is 0 Å². The number of benzene rings is 1. The first-order valence-electron chi connectivity index (χ1n) is 5.46. The molecule has 2 aromatic rings. The molecule has 1 aromatic carbocycles. The van der Waals surface area contributed by atoms with Crippen molar-refractivity contribution in [2.75, 3.05) is 5.73 Å². The van der Waals surface area contributed by atoms with Crippen LogP contribution in [0.4, 0.5) is 5.95 Å². The molecule has 1 aliphatic carbocycles.